The Balaban J connectivity index is 1.98. The van der Waals surface area contributed by atoms with E-state index in [1.165, 1.54) is 0 Å². The van der Waals surface area contributed by atoms with Gasteiger partial charge in [-0.05, 0) is 25.8 Å². The number of amides is 1. The van der Waals surface area contributed by atoms with Crippen LogP contribution in [-0.4, -0.2) is 52.7 Å². The van der Waals surface area contributed by atoms with E-state index in [4.69, 9.17) is 10.5 Å². The van der Waals surface area contributed by atoms with E-state index in [2.05, 4.69) is 10.2 Å². The lowest BCUT2D eigenvalue weighted by atomic mass is 9.94. The summed E-state index contributed by atoms with van der Waals surface area (Å²) in [5, 5.41) is 6.86. The normalized spacial score (nSPS) is 20.5. The molecule has 7 nitrogen and oxygen atoms in total. The maximum atomic E-state index is 12.2. The van der Waals surface area contributed by atoms with Crippen LogP contribution in [0.1, 0.15) is 31.4 Å². The van der Waals surface area contributed by atoms with Crippen molar-refractivity contribution >= 4 is 11.9 Å². The fourth-order valence-corrected chi connectivity index (χ4v) is 2.45. The number of nitrogens with one attached hydrogen (secondary N) is 1. The highest BCUT2D eigenvalue weighted by Gasteiger charge is 2.32. The lowest BCUT2D eigenvalue weighted by molar-refractivity contribution is -0.151. The van der Waals surface area contributed by atoms with Gasteiger partial charge in [0, 0.05) is 30.9 Å². The minimum atomic E-state index is -1.23. The highest BCUT2D eigenvalue weighted by molar-refractivity contribution is 6.01. The van der Waals surface area contributed by atoms with Gasteiger partial charge < -0.3 is 15.4 Å². The van der Waals surface area contributed by atoms with Crippen molar-refractivity contribution in [2.75, 3.05) is 19.7 Å². The predicted molar refractivity (Wildman–Crippen MR) is 71.8 cm³/mol. The van der Waals surface area contributed by atoms with Crippen LogP contribution in [0.2, 0.25) is 0 Å². The van der Waals surface area contributed by atoms with Gasteiger partial charge in [0.2, 0.25) is 0 Å². The third kappa shape index (κ3) is 3.16. The second kappa shape index (κ2) is 6.51. The fourth-order valence-electron chi connectivity index (χ4n) is 2.45. The Morgan fingerprint density at radius 2 is 2.45 bits per heavy atom. The highest BCUT2D eigenvalue weighted by Crippen LogP contribution is 2.25. The number of rotatable bonds is 4. The number of hydrogen-bond acceptors (Lipinski definition) is 5. The molecule has 20 heavy (non-hydrogen) atoms. The number of carbonyl (C=O) groups is 2. The van der Waals surface area contributed by atoms with Gasteiger partial charge >= 0.3 is 5.97 Å². The maximum Gasteiger partial charge on any atom is 0.332 e. The van der Waals surface area contributed by atoms with E-state index in [1.807, 2.05) is 6.07 Å². The number of aromatic nitrogens is 2. The highest BCUT2D eigenvalue weighted by atomic mass is 16.5. The number of likely N-dealkylation sites (tertiary alicyclic amines) is 1. The van der Waals surface area contributed by atoms with Crippen molar-refractivity contribution < 1.29 is 14.3 Å². The second-order valence-electron chi connectivity index (χ2n) is 4.87. The maximum absolute atomic E-state index is 12.2. The Morgan fingerprint density at radius 1 is 1.65 bits per heavy atom. The Hall–Kier alpha value is -1.89. The smallest absolute Gasteiger partial charge is 0.332 e. The molecule has 2 atom stereocenters. The van der Waals surface area contributed by atoms with Crippen LogP contribution in [-0.2, 0) is 14.3 Å². The van der Waals surface area contributed by atoms with Crippen LogP contribution in [0.5, 0.6) is 0 Å². The molecule has 0 aliphatic carbocycles. The van der Waals surface area contributed by atoms with Gasteiger partial charge in [-0.15, -0.1) is 0 Å². The van der Waals surface area contributed by atoms with Crippen molar-refractivity contribution in [3.63, 3.8) is 0 Å². The summed E-state index contributed by atoms with van der Waals surface area (Å²) in [6, 6.07) is 0.680. The molecule has 2 unspecified atom stereocenters. The molecule has 1 aromatic heterocycles. The fraction of sp³-hybridized carbons (Fsp3) is 0.615. The largest absolute Gasteiger partial charge is 0.464 e. The molecule has 0 bridgehead atoms. The Morgan fingerprint density at radius 3 is 3.10 bits per heavy atom. The number of esters is 1. The third-order valence-corrected chi connectivity index (χ3v) is 3.50. The van der Waals surface area contributed by atoms with Crippen molar-refractivity contribution in [3.8, 4) is 0 Å². The zero-order chi connectivity index (χ0) is 14.5. The summed E-state index contributed by atoms with van der Waals surface area (Å²) >= 11 is 0. The summed E-state index contributed by atoms with van der Waals surface area (Å²) in [6.07, 6.45) is 3.56. The van der Waals surface area contributed by atoms with Crippen LogP contribution in [0, 0.1) is 0 Å². The summed E-state index contributed by atoms with van der Waals surface area (Å²) in [7, 11) is 0. The number of H-pyrrole nitrogens is 1. The van der Waals surface area contributed by atoms with E-state index in [0.717, 1.165) is 18.5 Å². The summed E-state index contributed by atoms with van der Waals surface area (Å²) in [5.41, 5.74) is 6.66. The molecule has 0 saturated carbocycles. The molecule has 3 N–H and O–H groups in total. The van der Waals surface area contributed by atoms with Gasteiger partial charge in [0.1, 0.15) is 0 Å². The number of nitrogens with two attached hydrogens (primary N) is 1. The van der Waals surface area contributed by atoms with Crippen LogP contribution in [0.15, 0.2) is 12.3 Å². The number of nitrogens with zero attached hydrogens (tertiary/aromatic N) is 2. The monoisotopic (exact) mass is 280 g/mol. The Bertz CT molecular complexity index is 460. The van der Waals surface area contributed by atoms with Crippen LogP contribution >= 0.6 is 0 Å². The minimum absolute atomic E-state index is 0.213. The molecule has 2 rings (SSSR count). The number of ether oxygens (including phenoxy) is 1. The zero-order valence-electron chi connectivity index (χ0n) is 11.5. The average molecular weight is 280 g/mol. The molecule has 1 saturated heterocycles. The van der Waals surface area contributed by atoms with Crippen LogP contribution < -0.4 is 5.73 Å². The molecule has 1 amide bonds. The topological polar surface area (TPSA) is 101 Å². The zero-order valence-corrected chi connectivity index (χ0v) is 11.5. The van der Waals surface area contributed by atoms with Crippen molar-refractivity contribution in [1.29, 1.82) is 0 Å². The molecule has 0 spiro atoms. The first-order valence-electron chi connectivity index (χ1n) is 6.83. The molecular weight excluding hydrogens is 260 g/mol. The van der Waals surface area contributed by atoms with E-state index < -0.39 is 12.0 Å². The molecule has 1 fully saturated rings. The molecule has 0 aromatic carbocycles. The van der Waals surface area contributed by atoms with Crippen LogP contribution in [0.3, 0.4) is 0 Å². The molecule has 1 aliphatic rings. The summed E-state index contributed by atoms with van der Waals surface area (Å²) < 4.78 is 4.79. The standard InChI is InChI=1S/C13H20N4O3/c1-2-20-13(19)11(14)12(18)17-7-3-4-9(8-17)10-5-6-15-16-10/h5-6,9,11H,2-4,7-8,14H2,1H3,(H,15,16). The van der Waals surface area contributed by atoms with E-state index >= 15 is 0 Å². The molecular formula is C13H20N4O3. The summed E-state index contributed by atoms with van der Waals surface area (Å²) in [4.78, 5) is 25.4. The summed E-state index contributed by atoms with van der Waals surface area (Å²) in [6.45, 7) is 3.07. The number of carbonyl (C=O) groups excluding carboxylic acids is 2. The quantitative estimate of drug-likeness (QED) is 0.597. The van der Waals surface area contributed by atoms with Gasteiger partial charge in [0.25, 0.3) is 5.91 Å². The SMILES string of the molecule is CCOC(=O)C(N)C(=O)N1CCCC(c2ccn[nH]2)C1. The van der Waals surface area contributed by atoms with Gasteiger partial charge in [0.15, 0.2) is 6.04 Å². The van der Waals surface area contributed by atoms with E-state index in [0.29, 0.717) is 13.1 Å². The van der Waals surface area contributed by atoms with E-state index in [-0.39, 0.29) is 18.4 Å². The lowest BCUT2D eigenvalue weighted by Gasteiger charge is -2.33. The number of piperidine rings is 1. The van der Waals surface area contributed by atoms with Crippen molar-refractivity contribution in [2.24, 2.45) is 5.73 Å². The molecule has 7 heteroatoms. The van der Waals surface area contributed by atoms with Gasteiger partial charge in [-0.25, -0.2) is 4.79 Å². The van der Waals surface area contributed by atoms with Crippen LogP contribution in [0.25, 0.3) is 0 Å². The van der Waals surface area contributed by atoms with Crippen LogP contribution in [0.4, 0.5) is 0 Å². The first kappa shape index (κ1) is 14.5. The average Bonchev–Trinajstić information content (AvgIpc) is 3.00. The Labute approximate surface area is 117 Å². The molecule has 1 aliphatic heterocycles. The minimum Gasteiger partial charge on any atom is -0.464 e. The first-order chi connectivity index (χ1) is 9.63. The van der Waals surface area contributed by atoms with Crippen molar-refractivity contribution in [1.82, 2.24) is 15.1 Å². The van der Waals surface area contributed by atoms with Gasteiger partial charge in [-0.1, -0.05) is 0 Å². The first-order valence-corrected chi connectivity index (χ1v) is 6.83. The molecule has 0 radical (unpaired) electrons. The number of hydrogen-bond donors (Lipinski definition) is 2. The van der Waals surface area contributed by atoms with Crippen molar-refractivity contribution in [2.45, 2.75) is 31.7 Å². The third-order valence-electron chi connectivity index (χ3n) is 3.50. The second-order valence-corrected chi connectivity index (χ2v) is 4.87. The van der Waals surface area contributed by atoms with Gasteiger partial charge in [-0.2, -0.15) is 5.10 Å². The van der Waals surface area contributed by atoms with Crippen molar-refractivity contribution in [3.05, 3.63) is 18.0 Å². The number of aromatic amines is 1. The lowest BCUT2D eigenvalue weighted by Crippen LogP contribution is -2.51. The van der Waals surface area contributed by atoms with E-state index in [9.17, 15) is 9.59 Å². The van der Waals surface area contributed by atoms with E-state index in [1.54, 1.807) is 18.0 Å². The molecule has 2 heterocycles. The molecule has 110 valence electrons. The van der Waals surface area contributed by atoms with Gasteiger partial charge in [0.05, 0.1) is 6.61 Å². The van der Waals surface area contributed by atoms with Gasteiger partial charge in [-0.3, -0.25) is 9.89 Å². The predicted octanol–water partition coefficient (Wildman–Crippen LogP) is 0.00610. The molecule has 1 aromatic rings. The summed E-state index contributed by atoms with van der Waals surface area (Å²) in [5.74, 6) is -0.821. The Kier molecular flexibility index (Phi) is 4.73.